The van der Waals surface area contributed by atoms with Gasteiger partial charge in [0.1, 0.15) is 11.5 Å². The Balaban J connectivity index is 1.10. The van der Waals surface area contributed by atoms with Crippen molar-refractivity contribution in [2.45, 2.75) is 25.3 Å². The van der Waals surface area contributed by atoms with Gasteiger partial charge in [0.25, 0.3) is 0 Å². The van der Waals surface area contributed by atoms with Crippen LogP contribution in [0.25, 0.3) is 11.3 Å². The van der Waals surface area contributed by atoms with Crippen molar-refractivity contribution in [1.82, 2.24) is 15.0 Å². The van der Waals surface area contributed by atoms with E-state index in [0.717, 1.165) is 69.0 Å². The third kappa shape index (κ3) is 6.26. The van der Waals surface area contributed by atoms with E-state index in [1.54, 1.807) is 14.2 Å². The van der Waals surface area contributed by atoms with E-state index in [0.29, 0.717) is 17.5 Å². The Morgan fingerprint density at radius 2 is 1.42 bits per heavy atom. The van der Waals surface area contributed by atoms with Crippen molar-refractivity contribution in [2.24, 2.45) is 0 Å². The highest BCUT2D eigenvalue weighted by molar-refractivity contribution is 5.63. The minimum atomic E-state index is 0.311. The monoisotopic (exact) mass is 511 g/mol. The molecule has 0 radical (unpaired) electrons. The first kappa shape index (κ1) is 26.0. The molecule has 0 bridgehead atoms. The second-order valence-electron chi connectivity index (χ2n) is 9.81. The molecule has 198 valence electrons. The largest absolute Gasteiger partial charge is 0.493 e. The van der Waals surface area contributed by atoms with Gasteiger partial charge in [-0.15, -0.1) is 0 Å². The van der Waals surface area contributed by atoms with Crippen LogP contribution >= 0.6 is 0 Å². The van der Waals surface area contributed by atoms with Crippen LogP contribution in [0.1, 0.15) is 35.8 Å². The molecule has 2 heterocycles. The number of benzene rings is 3. The average Bonchev–Trinajstić information content (AvgIpc) is 3.46. The summed E-state index contributed by atoms with van der Waals surface area (Å²) in [6.07, 6.45) is 3.12. The van der Waals surface area contributed by atoms with E-state index >= 15 is 0 Å². The molecule has 0 aliphatic carbocycles. The molecule has 0 spiro atoms. The highest BCUT2D eigenvalue weighted by atomic mass is 16.5. The van der Waals surface area contributed by atoms with Crippen molar-refractivity contribution in [3.8, 4) is 22.8 Å². The Hall–Kier alpha value is -3.61. The molecule has 6 nitrogen and oxygen atoms in total. The predicted molar refractivity (Wildman–Crippen MR) is 151 cm³/mol. The van der Waals surface area contributed by atoms with Gasteiger partial charge < -0.3 is 18.9 Å². The van der Waals surface area contributed by atoms with E-state index in [1.807, 2.05) is 24.3 Å². The zero-order chi connectivity index (χ0) is 26.2. The maximum Gasteiger partial charge on any atom is 0.161 e. The zero-order valence-corrected chi connectivity index (χ0v) is 22.4. The predicted octanol–water partition coefficient (Wildman–Crippen LogP) is 6.09. The molecule has 3 aromatic carbocycles. The molecule has 1 aliphatic heterocycles. The van der Waals surface area contributed by atoms with Crippen molar-refractivity contribution in [3.63, 3.8) is 0 Å². The van der Waals surface area contributed by atoms with Gasteiger partial charge in [0.2, 0.25) is 0 Å². The van der Waals surface area contributed by atoms with Crippen LogP contribution in [-0.4, -0.2) is 61.9 Å². The minimum Gasteiger partial charge on any atom is -0.493 e. The molecule has 4 aromatic rings. The summed E-state index contributed by atoms with van der Waals surface area (Å²) in [4.78, 5) is 5.23. The number of unbranched alkanes of at least 4 members (excludes halogenated alkanes) is 1. The number of piperazine rings is 1. The van der Waals surface area contributed by atoms with E-state index in [2.05, 4.69) is 75.6 Å². The van der Waals surface area contributed by atoms with Crippen molar-refractivity contribution in [3.05, 3.63) is 102 Å². The van der Waals surface area contributed by atoms with Crippen LogP contribution in [-0.2, 0) is 6.42 Å². The number of hydrogen-bond acceptors (Lipinski definition) is 6. The molecule has 38 heavy (non-hydrogen) atoms. The van der Waals surface area contributed by atoms with Gasteiger partial charge in [-0.3, -0.25) is 4.90 Å². The summed E-state index contributed by atoms with van der Waals surface area (Å²) in [5.41, 5.74) is 4.52. The van der Waals surface area contributed by atoms with Crippen molar-refractivity contribution in [1.29, 1.82) is 0 Å². The molecule has 1 fully saturated rings. The van der Waals surface area contributed by atoms with E-state index < -0.39 is 0 Å². The molecule has 0 atom stereocenters. The van der Waals surface area contributed by atoms with Crippen molar-refractivity contribution < 1.29 is 14.0 Å². The van der Waals surface area contributed by atoms with Crippen molar-refractivity contribution in [2.75, 3.05) is 46.9 Å². The van der Waals surface area contributed by atoms with Crippen molar-refractivity contribution >= 4 is 0 Å². The number of ether oxygens (including phenoxy) is 2. The van der Waals surface area contributed by atoms with Gasteiger partial charge in [-0.25, -0.2) is 0 Å². The molecule has 6 heteroatoms. The standard InChI is InChI=1S/C32H37N3O3/c1-36-30-17-16-27(23-31(30)37-2)29-24-28(38-33-29)15-9-10-18-34-19-21-35(22-20-34)32(25-11-5-3-6-12-25)26-13-7-4-8-14-26/h3-8,11-14,16-17,23-24,32H,9-10,15,18-22H2,1-2H3. The lowest BCUT2D eigenvalue weighted by Crippen LogP contribution is -2.48. The summed E-state index contributed by atoms with van der Waals surface area (Å²) in [7, 11) is 3.28. The molecule has 0 N–H and O–H groups in total. The fourth-order valence-electron chi connectivity index (χ4n) is 5.33. The van der Waals surface area contributed by atoms with Gasteiger partial charge in [-0.2, -0.15) is 0 Å². The minimum absolute atomic E-state index is 0.311. The van der Waals surface area contributed by atoms with Gasteiger partial charge in [0.15, 0.2) is 11.5 Å². The number of rotatable bonds is 11. The summed E-state index contributed by atoms with van der Waals surface area (Å²) in [6, 6.07) is 29.9. The summed E-state index contributed by atoms with van der Waals surface area (Å²) in [5, 5.41) is 4.27. The highest BCUT2D eigenvalue weighted by Gasteiger charge is 2.26. The first-order valence-electron chi connectivity index (χ1n) is 13.5. The number of hydrogen-bond donors (Lipinski definition) is 0. The quantitative estimate of drug-likeness (QED) is 0.227. The molecular formula is C32H37N3O3. The lowest BCUT2D eigenvalue weighted by Gasteiger charge is -2.39. The third-order valence-electron chi connectivity index (χ3n) is 7.39. The number of methoxy groups -OCH3 is 2. The van der Waals surface area contributed by atoms with Gasteiger partial charge in [0.05, 0.1) is 20.3 Å². The van der Waals surface area contributed by atoms with Crippen LogP contribution in [0.4, 0.5) is 0 Å². The smallest absolute Gasteiger partial charge is 0.161 e. The van der Waals surface area contributed by atoms with E-state index in [9.17, 15) is 0 Å². The Labute approximate surface area is 225 Å². The first-order chi connectivity index (χ1) is 18.7. The number of nitrogens with zero attached hydrogens (tertiary/aromatic N) is 3. The Morgan fingerprint density at radius 1 is 0.763 bits per heavy atom. The summed E-state index contributed by atoms with van der Waals surface area (Å²) in [5.74, 6) is 2.32. The fourth-order valence-corrected chi connectivity index (χ4v) is 5.33. The summed E-state index contributed by atoms with van der Waals surface area (Å²) in [6.45, 7) is 5.46. The van der Waals surface area contributed by atoms with Gasteiger partial charge in [0, 0.05) is 44.2 Å². The topological polar surface area (TPSA) is 51.0 Å². The van der Waals surface area contributed by atoms with Crippen LogP contribution in [0.3, 0.4) is 0 Å². The lowest BCUT2D eigenvalue weighted by molar-refractivity contribution is 0.108. The van der Waals surface area contributed by atoms with E-state index in [4.69, 9.17) is 14.0 Å². The number of aryl methyl sites for hydroxylation is 1. The average molecular weight is 512 g/mol. The van der Waals surface area contributed by atoms with Gasteiger partial charge in [-0.1, -0.05) is 65.8 Å². The van der Waals surface area contributed by atoms with Gasteiger partial charge >= 0.3 is 0 Å². The molecular weight excluding hydrogens is 474 g/mol. The molecule has 1 aromatic heterocycles. The maximum absolute atomic E-state index is 5.62. The Bertz CT molecular complexity index is 1230. The maximum atomic E-state index is 5.62. The first-order valence-corrected chi connectivity index (χ1v) is 13.5. The molecule has 1 saturated heterocycles. The second-order valence-corrected chi connectivity index (χ2v) is 9.81. The molecule has 0 unspecified atom stereocenters. The Kier molecular flexibility index (Phi) is 8.74. The van der Waals surface area contributed by atoms with E-state index in [1.165, 1.54) is 11.1 Å². The van der Waals surface area contributed by atoms with Crippen LogP contribution in [0.15, 0.2) is 89.5 Å². The van der Waals surface area contributed by atoms with Crippen LogP contribution < -0.4 is 9.47 Å². The van der Waals surface area contributed by atoms with E-state index in [-0.39, 0.29) is 0 Å². The molecule has 1 aliphatic rings. The Morgan fingerprint density at radius 3 is 2.05 bits per heavy atom. The normalized spacial score (nSPS) is 14.6. The van der Waals surface area contributed by atoms with Crippen LogP contribution in [0.2, 0.25) is 0 Å². The summed E-state index contributed by atoms with van der Waals surface area (Å²) < 4.78 is 16.4. The SMILES string of the molecule is COc1ccc(-c2cc(CCCCN3CCN(C(c4ccccc4)c4ccccc4)CC3)on2)cc1OC. The third-order valence-corrected chi connectivity index (χ3v) is 7.39. The summed E-state index contributed by atoms with van der Waals surface area (Å²) >= 11 is 0. The fraction of sp³-hybridized carbons (Fsp3) is 0.344. The number of aromatic nitrogens is 1. The second kappa shape index (κ2) is 12.8. The van der Waals surface area contributed by atoms with Crippen LogP contribution in [0, 0.1) is 0 Å². The van der Waals surface area contributed by atoms with Crippen LogP contribution in [0.5, 0.6) is 11.5 Å². The lowest BCUT2D eigenvalue weighted by atomic mass is 9.96. The molecule has 5 rings (SSSR count). The zero-order valence-electron chi connectivity index (χ0n) is 22.4. The van der Waals surface area contributed by atoms with Gasteiger partial charge in [-0.05, 0) is 48.7 Å². The highest BCUT2D eigenvalue weighted by Crippen LogP contribution is 2.32. The molecule has 0 saturated carbocycles. The molecule has 0 amide bonds.